The lowest BCUT2D eigenvalue weighted by Gasteiger charge is -2.09. The summed E-state index contributed by atoms with van der Waals surface area (Å²) in [4.78, 5) is -0.315. The summed E-state index contributed by atoms with van der Waals surface area (Å²) >= 11 is 0. The number of nitrogen functional groups attached to an aromatic ring is 1. The Morgan fingerprint density at radius 2 is 1.88 bits per heavy atom. The fraction of sp³-hybridized carbons (Fsp3) is 0. The first-order valence-corrected chi connectivity index (χ1v) is 5.77. The van der Waals surface area contributed by atoms with Crippen molar-refractivity contribution in [2.24, 2.45) is 0 Å². The van der Waals surface area contributed by atoms with E-state index in [4.69, 9.17) is 5.73 Å². The van der Waals surface area contributed by atoms with Crippen LogP contribution in [0.25, 0.3) is 10.8 Å². The molecule has 2 aromatic rings. The van der Waals surface area contributed by atoms with Crippen molar-refractivity contribution in [1.82, 2.24) is 0 Å². The Kier molecular flexibility index (Phi) is 2.25. The van der Waals surface area contributed by atoms with Gasteiger partial charge in [0, 0.05) is 5.39 Å². The Labute approximate surface area is 91.9 Å². The summed E-state index contributed by atoms with van der Waals surface area (Å²) in [6, 6.07) is 6.64. The zero-order chi connectivity index (χ0) is 11.9. The highest BCUT2D eigenvalue weighted by Crippen LogP contribution is 2.30. The van der Waals surface area contributed by atoms with Crippen molar-refractivity contribution in [2.45, 2.75) is 4.90 Å². The van der Waals surface area contributed by atoms with E-state index in [2.05, 4.69) is 0 Å². The van der Waals surface area contributed by atoms with Gasteiger partial charge in [0.15, 0.2) is 0 Å². The quantitative estimate of drug-likeness (QED) is 0.438. The number of hydrogen-bond donors (Lipinski definition) is 2. The van der Waals surface area contributed by atoms with Crippen LogP contribution in [-0.4, -0.2) is 18.1 Å². The molecule has 0 amide bonds. The number of anilines is 1. The molecule has 0 saturated heterocycles. The van der Waals surface area contributed by atoms with Crippen LogP contribution in [0.5, 0.6) is 5.75 Å². The van der Waals surface area contributed by atoms with Gasteiger partial charge >= 0.3 is 0 Å². The zero-order valence-electron chi connectivity index (χ0n) is 8.04. The molecule has 0 spiro atoms. The molecule has 0 unspecified atom stereocenters. The number of nitrogens with two attached hydrogens (primary N) is 1. The standard InChI is InChI=1S/C10H9NO4S/c11-10-8-3-2-7(16(13,14)15)5-6(8)1-4-9(10)12/h1-5,12H,11H2,(H,13,14,15)/p-1. The lowest BCUT2D eigenvalue weighted by atomic mass is 10.1. The minimum Gasteiger partial charge on any atom is -0.744 e. The number of hydrogen-bond acceptors (Lipinski definition) is 5. The number of phenolic OH excluding ortho intramolecular Hbond substituents is 1. The van der Waals surface area contributed by atoms with E-state index in [1.807, 2.05) is 0 Å². The van der Waals surface area contributed by atoms with E-state index in [1.165, 1.54) is 30.3 Å². The summed E-state index contributed by atoms with van der Waals surface area (Å²) in [5.74, 6) is -0.0785. The van der Waals surface area contributed by atoms with E-state index in [1.54, 1.807) is 0 Å². The van der Waals surface area contributed by atoms with E-state index in [0.717, 1.165) is 0 Å². The Bertz CT molecular complexity index is 664. The molecule has 2 rings (SSSR count). The third kappa shape index (κ3) is 1.68. The van der Waals surface area contributed by atoms with Gasteiger partial charge in [0.05, 0.1) is 10.6 Å². The lowest BCUT2D eigenvalue weighted by Crippen LogP contribution is -1.98. The molecule has 16 heavy (non-hydrogen) atoms. The molecule has 0 aliphatic rings. The van der Waals surface area contributed by atoms with Crippen LogP contribution in [0.2, 0.25) is 0 Å². The fourth-order valence-electron chi connectivity index (χ4n) is 1.48. The molecular formula is C10H8NO4S-. The maximum Gasteiger partial charge on any atom is 0.139 e. The average molecular weight is 238 g/mol. The van der Waals surface area contributed by atoms with Crippen LogP contribution < -0.4 is 5.73 Å². The molecule has 0 aliphatic carbocycles. The molecule has 0 fully saturated rings. The number of fused-ring (bicyclic) bond motifs is 1. The van der Waals surface area contributed by atoms with E-state index < -0.39 is 10.1 Å². The van der Waals surface area contributed by atoms with Gasteiger partial charge in [-0.3, -0.25) is 0 Å². The van der Waals surface area contributed by atoms with Gasteiger partial charge in [0.25, 0.3) is 0 Å². The molecule has 0 heterocycles. The van der Waals surface area contributed by atoms with Crippen LogP contribution in [0.4, 0.5) is 5.69 Å². The van der Waals surface area contributed by atoms with Gasteiger partial charge in [0.1, 0.15) is 15.9 Å². The molecule has 0 aromatic heterocycles. The second kappa shape index (κ2) is 3.36. The molecule has 84 valence electrons. The molecule has 2 aromatic carbocycles. The Balaban J connectivity index is 2.80. The smallest absolute Gasteiger partial charge is 0.139 e. The van der Waals surface area contributed by atoms with Crippen molar-refractivity contribution in [3.63, 3.8) is 0 Å². The predicted molar refractivity (Wildman–Crippen MR) is 58.0 cm³/mol. The SMILES string of the molecule is Nc1c(O)ccc2cc(S(=O)(=O)[O-])ccc12. The van der Waals surface area contributed by atoms with Crippen LogP contribution in [0.15, 0.2) is 35.2 Å². The molecule has 5 nitrogen and oxygen atoms in total. The third-order valence-electron chi connectivity index (χ3n) is 2.30. The van der Waals surface area contributed by atoms with Crippen LogP contribution in [0.3, 0.4) is 0 Å². The number of rotatable bonds is 1. The minimum atomic E-state index is -4.47. The van der Waals surface area contributed by atoms with Crippen LogP contribution in [-0.2, 0) is 10.1 Å². The molecule has 6 heteroatoms. The number of phenols is 1. The topological polar surface area (TPSA) is 103 Å². The highest BCUT2D eigenvalue weighted by Gasteiger charge is 2.06. The summed E-state index contributed by atoms with van der Waals surface area (Å²) in [5, 5.41) is 10.3. The second-order valence-electron chi connectivity index (χ2n) is 3.34. The lowest BCUT2D eigenvalue weighted by molar-refractivity contribution is 0.463. The second-order valence-corrected chi connectivity index (χ2v) is 4.72. The Hall–Kier alpha value is -1.79. The fourth-order valence-corrected chi connectivity index (χ4v) is 1.98. The maximum atomic E-state index is 10.8. The molecule has 0 aliphatic heterocycles. The summed E-state index contributed by atoms with van der Waals surface area (Å²) in [5.41, 5.74) is 5.76. The van der Waals surface area contributed by atoms with Gasteiger partial charge in [-0.15, -0.1) is 0 Å². The Morgan fingerprint density at radius 3 is 2.50 bits per heavy atom. The molecule has 0 atom stereocenters. The maximum absolute atomic E-state index is 10.8. The van der Waals surface area contributed by atoms with Crippen LogP contribution >= 0.6 is 0 Å². The molecule has 0 radical (unpaired) electrons. The van der Waals surface area contributed by atoms with Gasteiger partial charge in [-0.2, -0.15) is 0 Å². The normalized spacial score (nSPS) is 11.8. The van der Waals surface area contributed by atoms with Crippen LogP contribution in [0, 0.1) is 0 Å². The van der Waals surface area contributed by atoms with Crippen molar-refractivity contribution in [2.75, 3.05) is 5.73 Å². The summed E-state index contributed by atoms with van der Waals surface area (Å²) in [6.45, 7) is 0. The van der Waals surface area contributed by atoms with E-state index in [9.17, 15) is 18.1 Å². The molecule has 0 bridgehead atoms. The number of aromatic hydroxyl groups is 1. The van der Waals surface area contributed by atoms with Crippen molar-refractivity contribution in [3.8, 4) is 5.75 Å². The Morgan fingerprint density at radius 1 is 1.19 bits per heavy atom. The molecular weight excluding hydrogens is 230 g/mol. The van der Waals surface area contributed by atoms with Crippen molar-refractivity contribution in [1.29, 1.82) is 0 Å². The van der Waals surface area contributed by atoms with Gasteiger partial charge in [0.2, 0.25) is 0 Å². The minimum absolute atomic E-state index is 0.0785. The average Bonchev–Trinajstić information content (AvgIpc) is 2.22. The number of benzene rings is 2. The summed E-state index contributed by atoms with van der Waals surface area (Å²) in [7, 11) is -4.47. The first-order chi connectivity index (χ1) is 7.39. The van der Waals surface area contributed by atoms with Crippen molar-refractivity contribution in [3.05, 3.63) is 30.3 Å². The zero-order valence-corrected chi connectivity index (χ0v) is 8.86. The monoisotopic (exact) mass is 238 g/mol. The third-order valence-corrected chi connectivity index (χ3v) is 3.13. The first-order valence-electron chi connectivity index (χ1n) is 4.37. The molecule has 3 N–H and O–H groups in total. The van der Waals surface area contributed by atoms with Crippen molar-refractivity contribution < 1.29 is 18.1 Å². The van der Waals surface area contributed by atoms with Crippen LogP contribution in [0.1, 0.15) is 0 Å². The highest BCUT2D eigenvalue weighted by atomic mass is 32.2. The summed E-state index contributed by atoms with van der Waals surface area (Å²) in [6.07, 6.45) is 0. The van der Waals surface area contributed by atoms with Gasteiger partial charge in [-0.25, -0.2) is 8.42 Å². The highest BCUT2D eigenvalue weighted by molar-refractivity contribution is 7.85. The first kappa shape index (κ1) is 10.7. The summed E-state index contributed by atoms with van der Waals surface area (Å²) < 4.78 is 32.4. The van der Waals surface area contributed by atoms with Gasteiger partial charge in [-0.05, 0) is 23.6 Å². The van der Waals surface area contributed by atoms with Gasteiger partial charge < -0.3 is 15.4 Å². The van der Waals surface area contributed by atoms with E-state index >= 15 is 0 Å². The van der Waals surface area contributed by atoms with Gasteiger partial charge in [-0.1, -0.05) is 12.1 Å². The van der Waals surface area contributed by atoms with E-state index in [-0.39, 0.29) is 16.3 Å². The largest absolute Gasteiger partial charge is 0.744 e. The van der Waals surface area contributed by atoms with E-state index in [0.29, 0.717) is 10.8 Å². The molecule has 0 saturated carbocycles. The van der Waals surface area contributed by atoms with Crippen molar-refractivity contribution >= 4 is 26.6 Å². The predicted octanol–water partition coefficient (Wildman–Crippen LogP) is 1.03.